The number of halogens is 1. The summed E-state index contributed by atoms with van der Waals surface area (Å²) in [6, 6.07) is 2.77. The van der Waals surface area contributed by atoms with Crippen LogP contribution in [-0.4, -0.2) is 46.2 Å². The minimum absolute atomic E-state index is 0.113. The zero-order valence-corrected chi connectivity index (χ0v) is 14.2. The number of hydrogen-bond acceptors (Lipinski definition) is 3. The van der Waals surface area contributed by atoms with Crippen molar-refractivity contribution in [1.82, 2.24) is 14.9 Å². The lowest BCUT2D eigenvalue weighted by Gasteiger charge is -2.44. The van der Waals surface area contributed by atoms with E-state index >= 15 is 0 Å². The number of H-pyrrole nitrogens is 1. The highest BCUT2D eigenvalue weighted by Crippen LogP contribution is 2.41. The second-order valence-corrected chi connectivity index (χ2v) is 7.71. The van der Waals surface area contributed by atoms with Crippen molar-refractivity contribution in [1.29, 1.82) is 0 Å². The van der Waals surface area contributed by atoms with Crippen LogP contribution in [0, 0.1) is 5.92 Å². The van der Waals surface area contributed by atoms with Crippen LogP contribution in [0.2, 0.25) is 0 Å². The summed E-state index contributed by atoms with van der Waals surface area (Å²) in [4.78, 5) is 25.0. The first-order valence-corrected chi connectivity index (χ1v) is 9.36. The Morgan fingerprint density at radius 2 is 1.84 bits per heavy atom. The number of hydrogen-bond donors (Lipinski definition) is 1. The molecule has 0 spiro atoms. The molecule has 5 rings (SSSR count). The fraction of sp³-hybridized carbons (Fsp3) is 0.579. The van der Waals surface area contributed by atoms with Crippen molar-refractivity contribution in [2.45, 2.75) is 50.6 Å². The number of anilines is 1. The summed E-state index contributed by atoms with van der Waals surface area (Å²) < 4.78 is 13.0. The van der Waals surface area contributed by atoms with E-state index in [0.717, 1.165) is 60.8 Å². The lowest BCUT2D eigenvalue weighted by atomic mass is 9.85. The van der Waals surface area contributed by atoms with Gasteiger partial charge in [-0.2, -0.15) is 0 Å². The van der Waals surface area contributed by atoms with Crippen LogP contribution in [0.15, 0.2) is 18.5 Å². The van der Waals surface area contributed by atoms with E-state index in [2.05, 4.69) is 14.9 Å². The molecule has 2 fully saturated rings. The van der Waals surface area contributed by atoms with Gasteiger partial charge in [0.15, 0.2) is 0 Å². The molecule has 6 heteroatoms. The van der Waals surface area contributed by atoms with Gasteiger partial charge in [0.2, 0.25) is 0 Å². The Labute approximate surface area is 146 Å². The maximum absolute atomic E-state index is 13.0. The Kier molecular flexibility index (Phi) is 3.47. The first-order valence-electron chi connectivity index (χ1n) is 9.36. The van der Waals surface area contributed by atoms with Gasteiger partial charge >= 0.3 is 0 Å². The van der Waals surface area contributed by atoms with Gasteiger partial charge in [-0.05, 0) is 50.5 Å². The lowest BCUT2D eigenvalue weighted by molar-refractivity contribution is 0.0718. The van der Waals surface area contributed by atoms with E-state index < -0.39 is 0 Å². The van der Waals surface area contributed by atoms with Crippen molar-refractivity contribution < 1.29 is 9.18 Å². The number of alkyl halides is 1. The number of amides is 1. The predicted octanol–water partition coefficient (Wildman–Crippen LogP) is 3.47. The highest BCUT2D eigenvalue weighted by Gasteiger charge is 2.41. The maximum Gasteiger partial charge on any atom is 0.259 e. The third kappa shape index (κ3) is 2.41. The average molecular weight is 342 g/mol. The van der Waals surface area contributed by atoms with Crippen LogP contribution < -0.4 is 4.90 Å². The van der Waals surface area contributed by atoms with E-state index in [-0.39, 0.29) is 18.5 Å². The minimum atomic E-state index is -0.206. The monoisotopic (exact) mass is 342 g/mol. The number of nitrogens with one attached hydrogen (secondary N) is 1. The summed E-state index contributed by atoms with van der Waals surface area (Å²) in [5.41, 5.74) is 2.57. The fourth-order valence-electron chi connectivity index (χ4n) is 4.49. The first kappa shape index (κ1) is 15.2. The molecule has 2 aromatic rings. The molecule has 0 unspecified atom stereocenters. The fourth-order valence-corrected chi connectivity index (χ4v) is 4.49. The SMILES string of the molecule is O=C1c2cnc3[nH]ccc3c2N(C2CCC(CF)CC2)CN1C1CC1. The number of nitrogens with zero attached hydrogens (tertiary/aromatic N) is 3. The zero-order valence-electron chi connectivity index (χ0n) is 14.2. The van der Waals surface area contributed by atoms with Gasteiger partial charge in [-0.3, -0.25) is 9.18 Å². The zero-order chi connectivity index (χ0) is 17.0. The van der Waals surface area contributed by atoms with Crippen LogP contribution >= 0.6 is 0 Å². The standard InChI is InChI=1S/C19H23FN4O/c20-9-12-1-3-13(4-2-12)23-11-24(14-5-6-14)19(25)16-10-22-18-15(17(16)23)7-8-21-18/h7-8,10,12-14H,1-6,9,11H2,(H,21,22). The van der Waals surface area contributed by atoms with E-state index in [9.17, 15) is 9.18 Å². The Morgan fingerprint density at radius 1 is 1.12 bits per heavy atom. The van der Waals surface area contributed by atoms with E-state index in [4.69, 9.17) is 0 Å². The molecule has 0 bridgehead atoms. The molecule has 132 valence electrons. The average Bonchev–Trinajstić information content (AvgIpc) is 3.38. The second-order valence-electron chi connectivity index (χ2n) is 7.71. The Balaban J connectivity index is 1.56. The molecular formula is C19H23FN4O. The van der Waals surface area contributed by atoms with Crippen LogP contribution in [-0.2, 0) is 0 Å². The molecule has 1 aliphatic heterocycles. The van der Waals surface area contributed by atoms with Crippen LogP contribution in [0.4, 0.5) is 10.1 Å². The van der Waals surface area contributed by atoms with Crippen LogP contribution in [0.3, 0.4) is 0 Å². The van der Waals surface area contributed by atoms with Crippen molar-refractivity contribution in [3.05, 3.63) is 24.0 Å². The largest absolute Gasteiger partial charge is 0.349 e. The van der Waals surface area contributed by atoms with E-state index in [1.165, 1.54) is 0 Å². The molecule has 3 aliphatic rings. The lowest BCUT2D eigenvalue weighted by Crippen LogP contribution is -2.52. The molecule has 1 N–H and O–H groups in total. The summed E-state index contributed by atoms with van der Waals surface area (Å²) in [5, 5.41) is 1.02. The van der Waals surface area contributed by atoms with Gasteiger partial charge in [-0.1, -0.05) is 0 Å². The molecule has 25 heavy (non-hydrogen) atoms. The molecule has 5 nitrogen and oxygen atoms in total. The summed E-state index contributed by atoms with van der Waals surface area (Å²) >= 11 is 0. The van der Waals surface area contributed by atoms with Crippen LogP contribution in [0.25, 0.3) is 11.0 Å². The van der Waals surface area contributed by atoms with E-state index in [1.807, 2.05) is 17.2 Å². The summed E-state index contributed by atoms with van der Waals surface area (Å²) in [6.45, 7) is 0.452. The number of aromatic amines is 1. The minimum Gasteiger partial charge on any atom is -0.349 e. The molecule has 2 saturated carbocycles. The molecule has 2 aromatic heterocycles. The highest BCUT2D eigenvalue weighted by atomic mass is 19.1. The van der Waals surface area contributed by atoms with Crippen molar-refractivity contribution in [2.24, 2.45) is 5.92 Å². The predicted molar refractivity (Wildman–Crippen MR) is 94.4 cm³/mol. The van der Waals surface area contributed by atoms with Gasteiger partial charge in [-0.15, -0.1) is 0 Å². The van der Waals surface area contributed by atoms with Crippen molar-refractivity contribution in [2.75, 3.05) is 18.2 Å². The molecule has 2 aliphatic carbocycles. The molecule has 0 saturated heterocycles. The topological polar surface area (TPSA) is 52.2 Å². The number of rotatable bonds is 3. The quantitative estimate of drug-likeness (QED) is 0.929. The number of carbonyl (C=O) groups is 1. The van der Waals surface area contributed by atoms with E-state index in [0.29, 0.717) is 18.8 Å². The molecule has 0 radical (unpaired) electrons. The normalized spacial score (nSPS) is 27.0. The smallest absolute Gasteiger partial charge is 0.259 e. The first-order chi connectivity index (χ1) is 12.3. The van der Waals surface area contributed by atoms with Gasteiger partial charge in [0, 0.05) is 29.9 Å². The summed E-state index contributed by atoms with van der Waals surface area (Å²) in [6.07, 6.45) is 9.67. The maximum atomic E-state index is 13.0. The van der Waals surface area contributed by atoms with E-state index in [1.54, 1.807) is 6.20 Å². The van der Waals surface area contributed by atoms with Gasteiger partial charge in [0.1, 0.15) is 5.65 Å². The third-order valence-corrected chi connectivity index (χ3v) is 6.10. The number of pyridine rings is 1. The van der Waals surface area contributed by atoms with Gasteiger partial charge in [-0.25, -0.2) is 4.98 Å². The molecule has 1 amide bonds. The van der Waals surface area contributed by atoms with Gasteiger partial charge < -0.3 is 14.8 Å². The molecule has 0 atom stereocenters. The molecular weight excluding hydrogens is 319 g/mol. The van der Waals surface area contributed by atoms with Crippen LogP contribution in [0.1, 0.15) is 48.9 Å². The van der Waals surface area contributed by atoms with Crippen molar-refractivity contribution in [3.8, 4) is 0 Å². The van der Waals surface area contributed by atoms with Gasteiger partial charge in [0.25, 0.3) is 5.91 Å². The van der Waals surface area contributed by atoms with Gasteiger partial charge in [0.05, 0.1) is 24.6 Å². The molecule has 3 heterocycles. The van der Waals surface area contributed by atoms with Crippen LogP contribution in [0.5, 0.6) is 0 Å². The summed E-state index contributed by atoms with van der Waals surface area (Å²) in [5.74, 6) is 0.327. The Morgan fingerprint density at radius 3 is 2.56 bits per heavy atom. The highest BCUT2D eigenvalue weighted by molar-refractivity contribution is 6.08. The number of aromatic nitrogens is 2. The van der Waals surface area contributed by atoms with Crippen molar-refractivity contribution in [3.63, 3.8) is 0 Å². The summed E-state index contributed by atoms with van der Waals surface area (Å²) in [7, 11) is 0. The molecule has 0 aromatic carbocycles. The number of fused-ring (bicyclic) bond motifs is 3. The number of carbonyl (C=O) groups excluding carboxylic acids is 1. The Hall–Kier alpha value is -2.11. The second kappa shape index (κ2) is 5.71. The third-order valence-electron chi connectivity index (χ3n) is 6.10. The Bertz CT molecular complexity index is 807. The van der Waals surface area contributed by atoms with Crippen molar-refractivity contribution >= 4 is 22.6 Å².